The van der Waals surface area contributed by atoms with E-state index >= 15 is 0 Å². The van der Waals surface area contributed by atoms with E-state index in [1.165, 1.54) is 31.3 Å². The van der Waals surface area contributed by atoms with Crippen molar-refractivity contribution in [1.29, 1.82) is 0 Å². The molecule has 0 radical (unpaired) electrons. The quantitative estimate of drug-likeness (QED) is 0.649. The zero-order valence-electron chi connectivity index (χ0n) is 10.1. The van der Waals surface area contributed by atoms with E-state index in [0.717, 1.165) is 19.3 Å². The van der Waals surface area contributed by atoms with Crippen LogP contribution in [0.4, 0.5) is 0 Å². The normalized spacial score (nSPS) is 24.3. The second-order valence-corrected chi connectivity index (χ2v) is 5.83. The topological polar surface area (TPSA) is 62.0 Å². The molecule has 2 unspecified atom stereocenters. The lowest BCUT2D eigenvalue weighted by molar-refractivity contribution is 0.0933. The van der Waals surface area contributed by atoms with Gasteiger partial charge in [-0.1, -0.05) is 35.2 Å². The molecule has 2 N–H and O–H groups in total. The third kappa shape index (κ3) is 3.22. The number of H-pyrrole nitrogens is 1. The molecule has 1 fully saturated rings. The van der Waals surface area contributed by atoms with Crippen LogP contribution in [-0.2, 0) is 0 Å². The average Bonchev–Trinajstić information content (AvgIpc) is 2.55. The zero-order chi connectivity index (χ0) is 13.0. The average molecular weight is 313 g/mol. The van der Waals surface area contributed by atoms with Crippen molar-refractivity contribution in [2.75, 3.05) is 0 Å². The molecule has 5 heteroatoms. The minimum atomic E-state index is -0.284. The van der Waals surface area contributed by atoms with Gasteiger partial charge in [-0.25, -0.2) is 0 Å². The molecule has 98 valence electrons. The minimum absolute atomic E-state index is 0.111. The number of hydrogen-bond donors (Lipinski definition) is 2. The maximum Gasteiger partial charge on any atom is 0.256 e. The Kier molecular flexibility index (Phi) is 4.58. The molecule has 0 aromatic carbocycles. The Balaban J connectivity index is 2.06. The van der Waals surface area contributed by atoms with Gasteiger partial charge in [-0.15, -0.1) is 0 Å². The molecule has 1 heterocycles. The Bertz CT molecular complexity index is 472. The van der Waals surface area contributed by atoms with E-state index in [2.05, 4.69) is 26.2 Å². The Morgan fingerprint density at radius 3 is 2.89 bits per heavy atom. The lowest BCUT2D eigenvalue weighted by Crippen LogP contribution is -2.41. The first-order valence-corrected chi connectivity index (χ1v) is 7.22. The summed E-state index contributed by atoms with van der Waals surface area (Å²) in [7, 11) is 0. The van der Waals surface area contributed by atoms with Crippen LogP contribution in [0.25, 0.3) is 0 Å². The van der Waals surface area contributed by atoms with Crippen molar-refractivity contribution in [3.05, 3.63) is 34.2 Å². The van der Waals surface area contributed by atoms with Gasteiger partial charge in [-0.3, -0.25) is 9.59 Å². The molecule has 4 nitrogen and oxygen atoms in total. The number of carbonyl (C=O) groups excluding carboxylic acids is 1. The molecule has 0 aliphatic heterocycles. The first kappa shape index (κ1) is 13.3. The van der Waals surface area contributed by atoms with Gasteiger partial charge < -0.3 is 10.3 Å². The van der Waals surface area contributed by atoms with Crippen LogP contribution in [0.3, 0.4) is 0 Å². The number of alkyl halides is 1. The van der Waals surface area contributed by atoms with Crippen LogP contribution >= 0.6 is 15.9 Å². The second-order valence-electron chi connectivity index (χ2n) is 4.66. The van der Waals surface area contributed by atoms with Crippen LogP contribution in [0.15, 0.2) is 23.3 Å². The van der Waals surface area contributed by atoms with Gasteiger partial charge in [0.1, 0.15) is 5.56 Å². The fraction of sp³-hybridized carbons (Fsp3) is 0.538. The van der Waals surface area contributed by atoms with Crippen LogP contribution in [-0.4, -0.2) is 21.8 Å². The van der Waals surface area contributed by atoms with Gasteiger partial charge in [-0.2, -0.15) is 0 Å². The molecule has 0 spiro atoms. The largest absolute Gasteiger partial charge is 0.367 e. The molecule has 1 aliphatic rings. The van der Waals surface area contributed by atoms with Crippen molar-refractivity contribution in [3.63, 3.8) is 0 Å². The molecule has 18 heavy (non-hydrogen) atoms. The van der Waals surface area contributed by atoms with Gasteiger partial charge in [0.15, 0.2) is 5.43 Å². The summed E-state index contributed by atoms with van der Waals surface area (Å²) in [6.45, 7) is 0. The highest BCUT2D eigenvalue weighted by molar-refractivity contribution is 9.09. The van der Waals surface area contributed by atoms with E-state index in [1.807, 2.05) is 0 Å². The summed E-state index contributed by atoms with van der Waals surface area (Å²) < 4.78 is 0. The Hall–Kier alpha value is -1.10. The van der Waals surface area contributed by atoms with Crippen molar-refractivity contribution >= 4 is 21.8 Å². The van der Waals surface area contributed by atoms with E-state index in [0.29, 0.717) is 4.83 Å². The number of amides is 1. The number of rotatable bonds is 2. The first-order valence-electron chi connectivity index (χ1n) is 6.30. The standard InChI is InChI=1S/C13H17BrN2O2/c14-10-4-2-1-3-5-11(10)16-13(18)9-8-15-7-6-12(9)17/h6-8,10-11H,1-5H2,(H,15,17)(H,16,18). The predicted molar refractivity (Wildman–Crippen MR) is 74.1 cm³/mol. The molecule has 1 aromatic heterocycles. The molecule has 2 rings (SSSR count). The fourth-order valence-corrected chi connectivity index (χ4v) is 2.98. The van der Waals surface area contributed by atoms with Crippen LogP contribution in [0.1, 0.15) is 42.5 Å². The summed E-state index contributed by atoms with van der Waals surface area (Å²) in [5.41, 5.74) is -0.0626. The monoisotopic (exact) mass is 312 g/mol. The second kappa shape index (κ2) is 6.18. The van der Waals surface area contributed by atoms with Crippen molar-refractivity contribution in [2.24, 2.45) is 0 Å². The van der Waals surface area contributed by atoms with E-state index in [9.17, 15) is 9.59 Å². The van der Waals surface area contributed by atoms with E-state index in [-0.39, 0.29) is 22.9 Å². The van der Waals surface area contributed by atoms with Gasteiger partial charge >= 0.3 is 0 Å². The van der Waals surface area contributed by atoms with Crippen molar-refractivity contribution in [1.82, 2.24) is 10.3 Å². The van der Waals surface area contributed by atoms with Gasteiger partial charge in [-0.05, 0) is 12.8 Å². The highest BCUT2D eigenvalue weighted by Gasteiger charge is 2.23. The third-order valence-corrected chi connectivity index (χ3v) is 4.41. The number of halogens is 1. The van der Waals surface area contributed by atoms with Gasteiger partial charge in [0.05, 0.1) is 0 Å². The number of pyridine rings is 1. The lowest BCUT2D eigenvalue weighted by Gasteiger charge is -2.21. The third-order valence-electron chi connectivity index (χ3n) is 3.32. The van der Waals surface area contributed by atoms with Crippen molar-refractivity contribution < 1.29 is 4.79 Å². The van der Waals surface area contributed by atoms with E-state index in [1.54, 1.807) is 0 Å². The molecule has 1 amide bonds. The highest BCUT2D eigenvalue weighted by atomic mass is 79.9. The predicted octanol–water partition coefficient (Wildman–Crippen LogP) is 2.20. The number of nitrogens with one attached hydrogen (secondary N) is 2. The summed E-state index contributed by atoms with van der Waals surface area (Å²) in [4.78, 5) is 26.7. The lowest BCUT2D eigenvalue weighted by atomic mass is 10.1. The summed E-state index contributed by atoms with van der Waals surface area (Å²) in [6, 6.07) is 1.48. The molecule has 1 saturated carbocycles. The van der Waals surface area contributed by atoms with Gasteiger partial charge in [0, 0.05) is 29.3 Å². The maximum absolute atomic E-state index is 12.0. The smallest absolute Gasteiger partial charge is 0.256 e. The molecule has 0 saturated heterocycles. The molecular formula is C13H17BrN2O2. The Morgan fingerprint density at radius 2 is 2.11 bits per heavy atom. The molecule has 1 aromatic rings. The fourth-order valence-electron chi connectivity index (χ4n) is 2.26. The highest BCUT2D eigenvalue weighted by Crippen LogP contribution is 2.23. The summed E-state index contributed by atoms with van der Waals surface area (Å²) in [5.74, 6) is -0.284. The zero-order valence-corrected chi connectivity index (χ0v) is 11.7. The Morgan fingerprint density at radius 1 is 1.33 bits per heavy atom. The summed E-state index contributed by atoms with van der Waals surface area (Å²) >= 11 is 3.62. The van der Waals surface area contributed by atoms with Crippen LogP contribution < -0.4 is 10.7 Å². The van der Waals surface area contributed by atoms with E-state index in [4.69, 9.17) is 0 Å². The Labute approximate surface area is 114 Å². The van der Waals surface area contributed by atoms with E-state index < -0.39 is 0 Å². The minimum Gasteiger partial charge on any atom is -0.367 e. The maximum atomic E-state index is 12.0. The summed E-state index contributed by atoms with van der Waals surface area (Å²) in [6.07, 6.45) is 8.53. The molecular weight excluding hydrogens is 296 g/mol. The van der Waals surface area contributed by atoms with Crippen LogP contribution in [0.5, 0.6) is 0 Å². The first-order chi connectivity index (χ1) is 8.68. The van der Waals surface area contributed by atoms with Crippen molar-refractivity contribution in [3.8, 4) is 0 Å². The van der Waals surface area contributed by atoms with Crippen LogP contribution in [0, 0.1) is 0 Å². The number of aromatic amines is 1. The van der Waals surface area contributed by atoms with Crippen LogP contribution in [0.2, 0.25) is 0 Å². The summed E-state index contributed by atoms with van der Waals surface area (Å²) in [5, 5.41) is 2.96. The van der Waals surface area contributed by atoms with Gasteiger partial charge in [0.2, 0.25) is 0 Å². The molecule has 2 atom stereocenters. The SMILES string of the molecule is O=C(NC1CCCCCC1Br)c1c[nH]ccc1=O. The molecule has 0 bridgehead atoms. The number of carbonyl (C=O) groups is 1. The number of aromatic nitrogens is 1. The van der Waals surface area contributed by atoms with Gasteiger partial charge in [0.25, 0.3) is 5.91 Å². The van der Waals surface area contributed by atoms with Crippen molar-refractivity contribution in [2.45, 2.75) is 43.0 Å². The molecule has 1 aliphatic carbocycles. The number of hydrogen-bond acceptors (Lipinski definition) is 2.